The van der Waals surface area contributed by atoms with Crippen molar-refractivity contribution in [2.45, 2.75) is 19.1 Å². The van der Waals surface area contributed by atoms with Crippen LogP contribution in [-0.2, 0) is 13.2 Å². The summed E-state index contributed by atoms with van der Waals surface area (Å²) in [6, 6.07) is 17.5. The number of hydrogen-bond acceptors (Lipinski definition) is 7. The molecule has 0 aliphatic carbocycles. The third-order valence-corrected chi connectivity index (χ3v) is 4.60. The van der Waals surface area contributed by atoms with E-state index in [1.165, 1.54) is 0 Å². The molecule has 0 fully saturated rings. The zero-order chi connectivity index (χ0) is 19.3. The van der Waals surface area contributed by atoms with E-state index < -0.39 is 0 Å². The van der Waals surface area contributed by atoms with Crippen LogP contribution in [0.4, 0.5) is 11.6 Å². The molecule has 1 aliphatic rings. The third-order valence-electron chi connectivity index (χ3n) is 4.60. The van der Waals surface area contributed by atoms with Gasteiger partial charge in [0.2, 0.25) is 0 Å². The van der Waals surface area contributed by atoms with Crippen molar-refractivity contribution in [3.63, 3.8) is 0 Å². The zero-order valence-corrected chi connectivity index (χ0v) is 15.4. The van der Waals surface area contributed by atoms with Crippen molar-refractivity contribution in [1.82, 2.24) is 15.0 Å². The van der Waals surface area contributed by atoms with Gasteiger partial charge in [-0.15, -0.1) is 0 Å². The molecule has 0 amide bonds. The van der Waals surface area contributed by atoms with E-state index in [0.29, 0.717) is 18.2 Å². The van der Waals surface area contributed by atoms with Gasteiger partial charge in [-0.3, -0.25) is 9.99 Å². The summed E-state index contributed by atoms with van der Waals surface area (Å²) in [5.74, 6) is 1.83. The van der Waals surface area contributed by atoms with E-state index in [9.17, 15) is 0 Å². The topological polar surface area (TPSA) is 103 Å². The normalized spacial score (nSPS) is 15.7. The molecule has 2 aromatic heterocycles. The van der Waals surface area contributed by atoms with E-state index in [1.54, 1.807) is 12.3 Å². The lowest BCUT2D eigenvalue weighted by Gasteiger charge is -2.17. The number of benzene rings is 1. The van der Waals surface area contributed by atoms with Gasteiger partial charge in [-0.05, 0) is 35.9 Å². The molecule has 1 atom stereocenters. The lowest BCUT2D eigenvalue weighted by Crippen LogP contribution is -2.18. The van der Waals surface area contributed by atoms with Gasteiger partial charge in [0.15, 0.2) is 0 Å². The molecule has 3 aromatic rings. The highest BCUT2D eigenvalue weighted by Crippen LogP contribution is 2.26. The minimum atomic E-state index is 0.120. The first-order valence-electron chi connectivity index (χ1n) is 9.10. The predicted octanol–water partition coefficient (Wildman–Crippen LogP) is 2.81. The SMILES string of the molecule is Nc1ccc(C2C=NN(Cc3ccc(OCc4ccccn4)cc3)C2)c(N)n1. The van der Waals surface area contributed by atoms with E-state index in [2.05, 4.69) is 27.2 Å². The van der Waals surface area contributed by atoms with Crippen molar-refractivity contribution in [3.05, 3.63) is 77.6 Å². The van der Waals surface area contributed by atoms with E-state index in [-0.39, 0.29) is 5.92 Å². The molecule has 142 valence electrons. The number of nitrogen functional groups attached to an aromatic ring is 2. The summed E-state index contributed by atoms with van der Waals surface area (Å²) in [6.45, 7) is 1.93. The Kier molecular flexibility index (Phi) is 5.05. The number of aromatic nitrogens is 2. The Bertz CT molecular complexity index is 958. The van der Waals surface area contributed by atoms with E-state index >= 15 is 0 Å². The van der Waals surface area contributed by atoms with Crippen LogP contribution in [0.1, 0.15) is 22.7 Å². The molecular formula is C21H22N6O. The van der Waals surface area contributed by atoms with Gasteiger partial charge in [0.1, 0.15) is 24.0 Å². The molecule has 0 bridgehead atoms. The first kappa shape index (κ1) is 17.8. The van der Waals surface area contributed by atoms with Crippen molar-refractivity contribution in [2.24, 2.45) is 5.10 Å². The highest BCUT2D eigenvalue weighted by Gasteiger charge is 2.22. The summed E-state index contributed by atoms with van der Waals surface area (Å²) in [6.07, 6.45) is 3.67. The number of anilines is 2. The number of nitrogens with two attached hydrogens (primary N) is 2. The second-order valence-corrected chi connectivity index (χ2v) is 6.68. The van der Waals surface area contributed by atoms with Gasteiger partial charge >= 0.3 is 0 Å². The van der Waals surface area contributed by atoms with Gasteiger partial charge in [0.05, 0.1) is 12.2 Å². The highest BCUT2D eigenvalue weighted by molar-refractivity contribution is 5.72. The standard InChI is InChI=1S/C21H22N6O/c22-20-9-8-19(21(23)26-20)16-11-25-27(13-16)12-15-4-6-18(7-5-15)28-14-17-3-1-2-10-24-17/h1-11,16H,12-14H2,(H4,22,23,26). The molecule has 7 nitrogen and oxygen atoms in total. The van der Waals surface area contributed by atoms with Crippen LogP contribution in [0.15, 0.2) is 65.9 Å². The molecular weight excluding hydrogens is 352 g/mol. The largest absolute Gasteiger partial charge is 0.487 e. The molecule has 3 heterocycles. The Labute approximate surface area is 163 Å². The average Bonchev–Trinajstić information content (AvgIpc) is 3.16. The van der Waals surface area contributed by atoms with Gasteiger partial charge in [-0.25, -0.2) is 4.98 Å². The summed E-state index contributed by atoms with van der Waals surface area (Å²) in [4.78, 5) is 8.39. The van der Waals surface area contributed by atoms with E-state index in [4.69, 9.17) is 16.2 Å². The highest BCUT2D eigenvalue weighted by atomic mass is 16.5. The molecule has 0 saturated carbocycles. The van der Waals surface area contributed by atoms with Gasteiger partial charge in [-0.2, -0.15) is 5.10 Å². The molecule has 1 aliphatic heterocycles. The number of hydrogen-bond donors (Lipinski definition) is 2. The third kappa shape index (κ3) is 4.20. The first-order valence-corrected chi connectivity index (χ1v) is 9.10. The maximum atomic E-state index is 6.00. The molecule has 28 heavy (non-hydrogen) atoms. The van der Waals surface area contributed by atoms with Crippen LogP contribution in [0.2, 0.25) is 0 Å². The summed E-state index contributed by atoms with van der Waals surface area (Å²) >= 11 is 0. The maximum Gasteiger partial charge on any atom is 0.130 e. The fourth-order valence-corrected chi connectivity index (χ4v) is 3.14. The predicted molar refractivity (Wildman–Crippen MR) is 110 cm³/mol. The molecule has 7 heteroatoms. The monoisotopic (exact) mass is 374 g/mol. The number of hydrazone groups is 1. The summed E-state index contributed by atoms with van der Waals surface area (Å²) < 4.78 is 5.78. The van der Waals surface area contributed by atoms with Crippen molar-refractivity contribution < 1.29 is 4.74 Å². The van der Waals surface area contributed by atoms with Crippen molar-refractivity contribution in [3.8, 4) is 5.75 Å². The van der Waals surface area contributed by atoms with Crippen LogP contribution < -0.4 is 16.2 Å². The van der Waals surface area contributed by atoms with Gasteiger partial charge in [-0.1, -0.05) is 24.3 Å². The molecule has 0 spiro atoms. The summed E-state index contributed by atoms with van der Waals surface area (Å²) in [5.41, 5.74) is 14.7. The molecule has 0 saturated heterocycles. The minimum absolute atomic E-state index is 0.120. The maximum absolute atomic E-state index is 6.00. The smallest absolute Gasteiger partial charge is 0.130 e. The average molecular weight is 374 g/mol. The van der Waals surface area contributed by atoms with Crippen LogP contribution >= 0.6 is 0 Å². The van der Waals surface area contributed by atoms with Gasteiger partial charge in [0, 0.05) is 30.4 Å². The minimum Gasteiger partial charge on any atom is -0.487 e. The number of ether oxygens (including phenoxy) is 1. The first-order chi connectivity index (χ1) is 13.7. The Morgan fingerprint density at radius 3 is 2.64 bits per heavy atom. The van der Waals surface area contributed by atoms with Crippen molar-refractivity contribution >= 4 is 17.9 Å². The van der Waals surface area contributed by atoms with Gasteiger partial charge in [0.25, 0.3) is 0 Å². The lowest BCUT2D eigenvalue weighted by molar-refractivity contribution is 0.297. The zero-order valence-electron chi connectivity index (χ0n) is 15.4. The lowest BCUT2D eigenvalue weighted by atomic mass is 10.0. The Morgan fingerprint density at radius 2 is 1.89 bits per heavy atom. The molecule has 1 aromatic carbocycles. The second kappa shape index (κ2) is 7.96. The van der Waals surface area contributed by atoms with Crippen molar-refractivity contribution in [2.75, 3.05) is 18.0 Å². The Morgan fingerprint density at radius 1 is 1.04 bits per heavy atom. The van der Waals surface area contributed by atoms with Crippen molar-refractivity contribution in [1.29, 1.82) is 0 Å². The number of pyridine rings is 2. The fourth-order valence-electron chi connectivity index (χ4n) is 3.14. The van der Waals surface area contributed by atoms with Crippen LogP contribution in [0.25, 0.3) is 0 Å². The van der Waals surface area contributed by atoms with E-state index in [0.717, 1.165) is 35.7 Å². The molecule has 1 unspecified atom stereocenters. The van der Waals surface area contributed by atoms with Crippen LogP contribution in [0.3, 0.4) is 0 Å². The summed E-state index contributed by atoms with van der Waals surface area (Å²) in [7, 11) is 0. The number of rotatable bonds is 6. The Balaban J connectivity index is 1.32. The fraction of sp³-hybridized carbons (Fsp3) is 0.190. The quantitative estimate of drug-likeness (QED) is 0.688. The van der Waals surface area contributed by atoms with E-state index in [1.807, 2.05) is 47.6 Å². The second-order valence-electron chi connectivity index (χ2n) is 6.68. The molecule has 0 radical (unpaired) electrons. The van der Waals surface area contributed by atoms with Crippen LogP contribution in [0.5, 0.6) is 5.75 Å². The summed E-state index contributed by atoms with van der Waals surface area (Å²) in [5, 5.41) is 6.52. The van der Waals surface area contributed by atoms with Crippen LogP contribution in [-0.4, -0.2) is 27.7 Å². The van der Waals surface area contributed by atoms with Crippen LogP contribution in [0, 0.1) is 0 Å². The Hall–Kier alpha value is -3.61. The molecule has 4 N–H and O–H groups in total. The van der Waals surface area contributed by atoms with Gasteiger partial charge < -0.3 is 16.2 Å². The molecule has 4 rings (SSSR count). The number of nitrogens with zero attached hydrogens (tertiary/aromatic N) is 4.